The number of halogens is 1. The number of unbranched alkanes of at least 4 members (excludes halogenated alkanes) is 1. The van der Waals surface area contributed by atoms with Gasteiger partial charge in [0.25, 0.3) is 0 Å². The largest absolute Gasteiger partial charge is 0.439 e. The summed E-state index contributed by atoms with van der Waals surface area (Å²) in [6.07, 6.45) is 3.55. The maximum Gasteiger partial charge on any atom is 0.220 e. The topological polar surface area (TPSA) is 22.1 Å². The van der Waals surface area contributed by atoms with Gasteiger partial charge in [-0.25, -0.2) is 4.98 Å². The van der Waals surface area contributed by atoms with Crippen molar-refractivity contribution in [1.29, 1.82) is 0 Å². The van der Waals surface area contributed by atoms with Gasteiger partial charge in [-0.05, 0) is 36.6 Å². The lowest BCUT2D eigenvalue weighted by Gasteiger charge is -2.06. The Balaban J connectivity index is 2.02. The molecule has 0 spiro atoms. The summed E-state index contributed by atoms with van der Waals surface area (Å²) in [7, 11) is 0. The molecule has 3 heteroatoms. The average Bonchev–Trinajstić information content (AvgIpc) is 2.38. The Morgan fingerprint density at radius 3 is 2.56 bits per heavy atom. The van der Waals surface area contributed by atoms with Crippen molar-refractivity contribution < 1.29 is 4.74 Å². The molecule has 1 aromatic heterocycles. The minimum atomic E-state index is 0.437. The molecule has 1 heterocycles. The van der Waals surface area contributed by atoms with E-state index in [1.807, 2.05) is 18.2 Å². The second-order valence-corrected chi connectivity index (χ2v) is 4.54. The van der Waals surface area contributed by atoms with E-state index in [1.54, 1.807) is 12.1 Å². The maximum atomic E-state index is 5.80. The zero-order chi connectivity index (χ0) is 12.8. The van der Waals surface area contributed by atoms with Gasteiger partial charge >= 0.3 is 0 Å². The third kappa shape index (κ3) is 3.74. The number of pyridine rings is 1. The van der Waals surface area contributed by atoms with Gasteiger partial charge in [0.1, 0.15) is 10.9 Å². The summed E-state index contributed by atoms with van der Waals surface area (Å²) in [5.41, 5.74) is 1.34. The first-order chi connectivity index (χ1) is 8.78. The van der Waals surface area contributed by atoms with Crippen LogP contribution in [0.15, 0.2) is 42.5 Å². The van der Waals surface area contributed by atoms with Gasteiger partial charge in [-0.1, -0.05) is 43.1 Å². The zero-order valence-electron chi connectivity index (χ0n) is 10.4. The smallest absolute Gasteiger partial charge is 0.220 e. The van der Waals surface area contributed by atoms with Crippen LogP contribution in [-0.4, -0.2) is 4.98 Å². The Labute approximate surface area is 113 Å². The first-order valence-corrected chi connectivity index (χ1v) is 6.55. The third-order valence-electron chi connectivity index (χ3n) is 2.65. The van der Waals surface area contributed by atoms with Crippen molar-refractivity contribution >= 4 is 11.6 Å². The predicted octanol–water partition coefficient (Wildman–Crippen LogP) is 4.87. The molecule has 2 aromatic rings. The van der Waals surface area contributed by atoms with E-state index in [2.05, 4.69) is 24.0 Å². The highest BCUT2D eigenvalue weighted by Crippen LogP contribution is 2.21. The van der Waals surface area contributed by atoms with E-state index in [0.29, 0.717) is 11.0 Å². The molecule has 0 bridgehead atoms. The molecular formula is C15H16ClNO. The Hall–Kier alpha value is -1.54. The normalized spacial score (nSPS) is 10.3. The Kier molecular flexibility index (Phi) is 4.59. The van der Waals surface area contributed by atoms with Crippen LogP contribution in [0.2, 0.25) is 5.15 Å². The van der Waals surface area contributed by atoms with Gasteiger partial charge in [0.2, 0.25) is 5.88 Å². The van der Waals surface area contributed by atoms with Crippen molar-refractivity contribution in [3.05, 3.63) is 53.2 Å². The fourth-order valence-corrected chi connectivity index (χ4v) is 1.83. The van der Waals surface area contributed by atoms with Crippen LogP contribution in [0.1, 0.15) is 25.3 Å². The van der Waals surface area contributed by atoms with Crippen molar-refractivity contribution in [2.24, 2.45) is 0 Å². The molecule has 2 nitrogen and oxygen atoms in total. The molecule has 94 valence electrons. The van der Waals surface area contributed by atoms with Crippen molar-refractivity contribution in [2.75, 3.05) is 0 Å². The van der Waals surface area contributed by atoms with E-state index in [4.69, 9.17) is 16.3 Å². The number of nitrogens with zero attached hydrogens (tertiary/aromatic N) is 1. The summed E-state index contributed by atoms with van der Waals surface area (Å²) in [5.74, 6) is 1.30. The van der Waals surface area contributed by atoms with Gasteiger partial charge < -0.3 is 4.74 Å². The summed E-state index contributed by atoms with van der Waals surface area (Å²) < 4.78 is 5.62. The van der Waals surface area contributed by atoms with Gasteiger partial charge in [-0.15, -0.1) is 0 Å². The lowest BCUT2D eigenvalue weighted by Crippen LogP contribution is -1.89. The molecule has 0 amide bonds. The maximum absolute atomic E-state index is 5.80. The Morgan fingerprint density at radius 1 is 1.11 bits per heavy atom. The van der Waals surface area contributed by atoms with Crippen molar-refractivity contribution in [1.82, 2.24) is 4.98 Å². The van der Waals surface area contributed by atoms with E-state index >= 15 is 0 Å². The van der Waals surface area contributed by atoms with Crippen LogP contribution in [0.4, 0.5) is 0 Å². The SMILES string of the molecule is CCCCc1ccc(Oc2cccc(Cl)n2)cc1. The molecule has 0 aliphatic rings. The lowest BCUT2D eigenvalue weighted by molar-refractivity contribution is 0.463. The van der Waals surface area contributed by atoms with E-state index < -0.39 is 0 Å². The number of aromatic nitrogens is 1. The summed E-state index contributed by atoms with van der Waals surface area (Å²) in [6, 6.07) is 13.5. The van der Waals surface area contributed by atoms with E-state index in [1.165, 1.54) is 18.4 Å². The highest BCUT2D eigenvalue weighted by Gasteiger charge is 2.00. The van der Waals surface area contributed by atoms with Gasteiger partial charge in [0.15, 0.2) is 0 Å². The summed E-state index contributed by atoms with van der Waals surface area (Å²) >= 11 is 5.80. The van der Waals surface area contributed by atoms with E-state index in [-0.39, 0.29) is 0 Å². The number of hydrogen-bond donors (Lipinski definition) is 0. The molecule has 2 rings (SSSR count). The predicted molar refractivity (Wildman–Crippen MR) is 74.4 cm³/mol. The molecule has 1 aromatic carbocycles. The van der Waals surface area contributed by atoms with Crippen LogP contribution in [0.5, 0.6) is 11.6 Å². The first kappa shape index (κ1) is 12.9. The number of benzene rings is 1. The molecule has 0 unspecified atom stereocenters. The molecule has 0 aliphatic carbocycles. The molecule has 18 heavy (non-hydrogen) atoms. The molecule has 0 N–H and O–H groups in total. The van der Waals surface area contributed by atoms with E-state index in [9.17, 15) is 0 Å². The fraction of sp³-hybridized carbons (Fsp3) is 0.267. The van der Waals surface area contributed by atoms with Gasteiger partial charge in [0.05, 0.1) is 0 Å². The fourth-order valence-electron chi connectivity index (χ4n) is 1.67. The second kappa shape index (κ2) is 6.41. The van der Waals surface area contributed by atoms with Crippen LogP contribution < -0.4 is 4.74 Å². The Bertz CT molecular complexity index is 496. The highest BCUT2D eigenvalue weighted by molar-refractivity contribution is 6.29. The molecule has 0 aliphatic heterocycles. The highest BCUT2D eigenvalue weighted by atomic mass is 35.5. The lowest BCUT2D eigenvalue weighted by atomic mass is 10.1. The standard InChI is InChI=1S/C15H16ClNO/c1-2-3-5-12-8-10-13(11-9-12)18-15-7-4-6-14(16)17-15/h4,6-11H,2-3,5H2,1H3. The van der Waals surface area contributed by atoms with Gasteiger partial charge in [0, 0.05) is 6.07 Å². The average molecular weight is 262 g/mol. The van der Waals surface area contributed by atoms with Crippen molar-refractivity contribution in [2.45, 2.75) is 26.2 Å². The Morgan fingerprint density at radius 2 is 1.89 bits per heavy atom. The third-order valence-corrected chi connectivity index (χ3v) is 2.86. The number of ether oxygens (including phenoxy) is 1. The molecule has 0 saturated heterocycles. The molecule has 0 atom stereocenters. The van der Waals surface area contributed by atoms with Crippen LogP contribution in [0.25, 0.3) is 0 Å². The number of rotatable bonds is 5. The van der Waals surface area contributed by atoms with Crippen LogP contribution in [0, 0.1) is 0 Å². The van der Waals surface area contributed by atoms with Crippen LogP contribution in [0.3, 0.4) is 0 Å². The monoisotopic (exact) mass is 261 g/mol. The van der Waals surface area contributed by atoms with E-state index in [0.717, 1.165) is 12.2 Å². The van der Waals surface area contributed by atoms with Crippen molar-refractivity contribution in [3.8, 4) is 11.6 Å². The van der Waals surface area contributed by atoms with Crippen molar-refractivity contribution in [3.63, 3.8) is 0 Å². The first-order valence-electron chi connectivity index (χ1n) is 6.17. The minimum absolute atomic E-state index is 0.437. The molecule has 0 radical (unpaired) electrons. The summed E-state index contributed by atoms with van der Waals surface area (Å²) in [5, 5.41) is 0.437. The van der Waals surface area contributed by atoms with Crippen LogP contribution in [-0.2, 0) is 6.42 Å². The number of aryl methyl sites for hydroxylation is 1. The molecule has 0 fully saturated rings. The quantitative estimate of drug-likeness (QED) is 0.717. The van der Waals surface area contributed by atoms with Gasteiger partial charge in [-0.2, -0.15) is 0 Å². The van der Waals surface area contributed by atoms with Crippen LogP contribution >= 0.6 is 11.6 Å². The summed E-state index contributed by atoms with van der Waals surface area (Å²) in [4.78, 5) is 4.08. The second-order valence-electron chi connectivity index (χ2n) is 4.15. The number of hydrogen-bond acceptors (Lipinski definition) is 2. The van der Waals surface area contributed by atoms with Gasteiger partial charge in [-0.3, -0.25) is 0 Å². The molecular weight excluding hydrogens is 246 g/mol. The molecule has 0 saturated carbocycles. The zero-order valence-corrected chi connectivity index (χ0v) is 11.2. The summed E-state index contributed by atoms with van der Waals surface area (Å²) in [6.45, 7) is 2.20. The minimum Gasteiger partial charge on any atom is -0.439 e.